The highest BCUT2D eigenvalue weighted by Gasteiger charge is 2.23. The summed E-state index contributed by atoms with van der Waals surface area (Å²) in [6.07, 6.45) is 2.22. The van der Waals surface area contributed by atoms with E-state index in [1.807, 2.05) is 12.1 Å². The second-order valence-electron chi connectivity index (χ2n) is 7.24. The van der Waals surface area contributed by atoms with Crippen LogP contribution in [0.1, 0.15) is 28.8 Å². The lowest BCUT2D eigenvalue weighted by atomic mass is 9.96. The SMILES string of the molecule is O=C(NCC1CCN(Cc2ccccc2)CC1)c1cccc2c1OCCO2. The maximum atomic E-state index is 12.6. The van der Waals surface area contributed by atoms with Crippen LogP contribution in [0.2, 0.25) is 0 Å². The van der Waals surface area contributed by atoms with E-state index in [0.717, 1.165) is 32.5 Å². The molecule has 4 rings (SSSR count). The van der Waals surface area contributed by atoms with Gasteiger partial charge in [0.1, 0.15) is 13.2 Å². The Morgan fingerprint density at radius 3 is 2.59 bits per heavy atom. The summed E-state index contributed by atoms with van der Waals surface area (Å²) in [4.78, 5) is 15.1. The third kappa shape index (κ3) is 4.42. The van der Waals surface area contributed by atoms with E-state index >= 15 is 0 Å². The number of nitrogens with zero attached hydrogens (tertiary/aromatic N) is 1. The summed E-state index contributed by atoms with van der Waals surface area (Å²) in [5, 5.41) is 3.09. The van der Waals surface area contributed by atoms with Gasteiger partial charge < -0.3 is 14.8 Å². The molecule has 0 atom stereocenters. The van der Waals surface area contributed by atoms with Gasteiger partial charge in [0.2, 0.25) is 0 Å². The van der Waals surface area contributed by atoms with Crippen molar-refractivity contribution in [3.63, 3.8) is 0 Å². The molecule has 5 heteroatoms. The highest BCUT2D eigenvalue weighted by atomic mass is 16.6. The maximum absolute atomic E-state index is 12.6. The number of rotatable bonds is 5. The number of fused-ring (bicyclic) bond motifs is 1. The van der Waals surface area contributed by atoms with Gasteiger partial charge in [0.15, 0.2) is 11.5 Å². The average molecular weight is 366 g/mol. The second-order valence-corrected chi connectivity index (χ2v) is 7.24. The van der Waals surface area contributed by atoms with Crippen LogP contribution < -0.4 is 14.8 Å². The summed E-state index contributed by atoms with van der Waals surface area (Å²) in [7, 11) is 0. The molecule has 1 N–H and O–H groups in total. The van der Waals surface area contributed by atoms with Gasteiger partial charge in [0, 0.05) is 13.1 Å². The minimum absolute atomic E-state index is 0.0796. The lowest BCUT2D eigenvalue weighted by molar-refractivity contribution is 0.0924. The van der Waals surface area contributed by atoms with Gasteiger partial charge in [-0.05, 0) is 49.5 Å². The molecule has 0 bridgehead atoms. The van der Waals surface area contributed by atoms with Crippen molar-refractivity contribution < 1.29 is 14.3 Å². The van der Waals surface area contributed by atoms with Crippen LogP contribution >= 0.6 is 0 Å². The first-order chi connectivity index (χ1) is 13.3. The van der Waals surface area contributed by atoms with Crippen molar-refractivity contribution >= 4 is 5.91 Å². The van der Waals surface area contributed by atoms with Crippen LogP contribution in [0.25, 0.3) is 0 Å². The third-order valence-corrected chi connectivity index (χ3v) is 5.32. The second kappa shape index (κ2) is 8.44. The van der Waals surface area contributed by atoms with Crippen molar-refractivity contribution in [1.29, 1.82) is 0 Å². The van der Waals surface area contributed by atoms with Crippen molar-refractivity contribution in [3.8, 4) is 11.5 Å². The van der Waals surface area contributed by atoms with Gasteiger partial charge in [-0.1, -0.05) is 36.4 Å². The molecule has 0 aliphatic carbocycles. The number of ether oxygens (including phenoxy) is 2. The first-order valence-electron chi connectivity index (χ1n) is 9.72. The number of piperidine rings is 1. The standard InChI is InChI=1S/C22H26N2O3/c25-22(19-7-4-8-20-21(19)27-14-13-26-20)23-15-17-9-11-24(12-10-17)16-18-5-2-1-3-6-18/h1-8,17H,9-16H2,(H,23,25). The van der Waals surface area contributed by atoms with E-state index in [4.69, 9.17) is 9.47 Å². The van der Waals surface area contributed by atoms with Crippen molar-refractivity contribution in [2.24, 2.45) is 5.92 Å². The van der Waals surface area contributed by atoms with Gasteiger partial charge in [-0.2, -0.15) is 0 Å². The largest absolute Gasteiger partial charge is 0.486 e. The number of hydrogen-bond donors (Lipinski definition) is 1. The molecule has 2 aliphatic heterocycles. The number of carbonyl (C=O) groups is 1. The first kappa shape index (κ1) is 17.9. The van der Waals surface area contributed by atoms with E-state index in [9.17, 15) is 4.79 Å². The average Bonchev–Trinajstić information content (AvgIpc) is 2.73. The number of benzene rings is 2. The van der Waals surface area contributed by atoms with E-state index in [-0.39, 0.29) is 5.91 Å². The van der Waals surface area contributed by atoms with Gasteiger partial charge in [0.05, 0.1) is 5.56 Å². The minimum Gasteiger partial charge on any atom is -0.486 e. The molecule has 1 amide bonds. The van der Waals surface area contributed by atoms with E-state index in [1.165, 1.54) is 5.56 Å². The Kier molecular flexibility index (Phi) is 5.58. The number of nitrogens with one attached hydrogen (secondary N) is 1. The summed E-state index contributed by atoms with van der Waals surface area (Å²) in [6.45, 7) is 4.88. The fourth-order valence-corrected chi connectivity index (χ4v) is 3.78. The number of likely N-dealkylation sites (tertiary alicyclic amines) is 1. The Hall–Kier alpha value is -2.53. The summed E-state index contributed by atoms with van der Waals surface area (Å²) in [6, 6.07) is 16.1. The summed E-state index contributed by atoms with van der Waals surface area (Å²) >= 11 is 0. The molecule has 5 nitrogen and oxygen atoms in total. The zero-order valence-electron chi connectivity index (χ0n) is 15.5. The lowest BCUT2D eigenvalue weighted by Crippen LogP contribution is -2.38. The van der Waals surface area contributed by atoms with Crippen molar-refractivity contribution in [2.45, 2.75) is 19.4 Å². The third-order valence-electron chi connectivity index (χ3n) is 5.32. The van der Waals surface area contributed by atoms with Crippen molar-refractivity contribution in [2.75, 3.05) is 32.8 Å². The molecule has 0 radical (unpaired) electrons. The molecule has 2 aromatic rings. The van der Waals surface area contributed by atoms with Crippen LogP contribution in [0.15, 0.2) is 48.5 Å². The Labute approximate surface area is 160 Å². The first-order valence-corrected chi connectivity index (χ1v) is 9.72. The number of para-hydroxylation sites is 1. The van der Waals surface area contributed by atoms with Crippen LogP contribution in [-0.2, 0) is 6.54 Å². The fraction of sp³-hybridized carbons (Fsp3) is 0.409. The predicted octanol–water partition coefficient (Wildman–Crippen LogP) is 3.10. The Morgan fingerprint density at radius 2 is 1.78 bits per heavy atom. The van der Waals surface area contributed by atoms with E-state index < -0.39 is 0 Å². The molecule has 0 aromatic heterocycles. The maximum Gasteiger partial charge on any atom is 0.255 e. The lowest BCUT2D eigenvalue weighted by Gasteiger charge is -2.32. The van der Waals surface area contributed by atoms with E-state index in [2.05, 4.69) is 40.5 Å². The normalized spacial score (nSPS) is 17.5. The molecule has 2 heterocycles. The fourth-order valence-electron chi connectivity index (χ4n) is 3.78. The molecule has 142 valence electrons. The minimum atomic E-state index is -0.0796. The Balaban J connectivity index is 1.26. The Morgan fingerprint density at radius 1 is 1.00 bits per heavy atom. The quantitative estimate of drug-likeness (QED) is 0.883. The number of hydrogen-bond acceptors (Lipinski definition) is 4. The van der Waals surface area contributed by atoms with Crippen LogP contribution in [0.3, 0.4) is 0 Å². The molecule has 2 aromatic carbocycles. The van der Waals surface area contributed by atoms with Crippen molar-refractivity contribution in [3.05, 3.63) is 59.7 Å². The highest BCUT2D eigenvalue weighted by Crippen LogP contribution is 2.33. The van der Waals surface area contributed by atoms with Gasteiger partial charge in [-0.3, -0.25) is 9.69 Å². The molecule has 1 fully saturated rings. The van der Waals surface area contributed by atoms with Crippen LogP contribution in [0.4, 0.5) is 0 Å². The molecule has 0 saturated carbocycles. The molecule has 2 aliphatic rings. The molecular formula is C22H26N2O3. The predicted molar refractivity (Wildman–Crippen MR) is 104 cm³/mol. The van der Waals surface area contributed by atoms with Gasteiger partial charge in [0.25, 0.3) is 5.91 Å². The molecule has 0 spiro atoms. The van der Waals surface area contributed by atoms with E-state index in [1.54, 1.807) is 6.07 Å². The molecule has 27 heavy (non-hydrogen) atoms. The van der Waals surface area contributed by atoms with Gasteiger partial charge >= 0.3 is 0 Å². The number of carbonyl (C=O) groups excluding carboxylic acids is 1. The Bertz CT molecular complexity index is 770. The van der Waals surface area contributed by atoms with Crippen LogP contribution in [0, 0.1) is 5.92 Å². The topological polar surface area (TPSA) is 50.8 Å². The zero-order valence-corrected chi connectivity index (χ0v) is 15.5. The molecular weight excluding hydrogens is 340 g/mol. The van der Waals surface area contributed by atoms with Crippen molar-refractivity contribution in [1.82, 2.24) is 10.2 Å². The number of amides is 1. The summed E-state index contributed by atoms with van der Waals surface area (Å²) < 4.78 is 11.2. The van der Waals surface area contributed by atoms with Crippen LogP contribution in [-0.4, -0.2) is 43.7 Å². The van der Waals surface area contributed by atoms with E-state index in [0.29, 0.717) is 42.7 Å². The van der Waals surface area contributed by atoms with Gasteiger partial charge in [-0.15, -0.1) is 0 Å². The molecule has 1 saturated heterocycles. The highest BCUT2D eigenvalue weighted by molar-refractivity contribution is 5.97. The van der Waals surface area contributed by atoms with Crippen LogP contribution in [0.5, 0.6) is 11.5 Å². The zero-order chi connectivity index (χ0) is 18.5. The molecule has 0 unspecified atom stereocenters. The smallest absolute Gasteiger partial charge is 0.255 e. The monoisotopic (exact) mass is 366 g/mol. The summed E-state index contributed by atoms with van der Waals surface area (Å²) in [5.41, 5.74) is 1.93. The van der Waals surface area contributed by atoms with Gasteiger partial charge in [-0.25, -0.2) is 0 Å². The summed E-state index contributed by atoms with van der Waals surface area (Å²) in [5.74, 6) is 1.67.